The number of hydrogen-bond acceptors (Lipinski definition) is 2. The molecule has 0 radical (unpaired) electrons. The highest BCUT2D eigenvalue weighted by Gasteiger charge is 2.31. The molecular weight excluding hydrogens is 185 g/mol. The summed E-state index contributed by atoms with van der Waals surface area (Å²) in [6, 6.07) is 0. The van der Waals surface area contributed by atoms with Crippen LogP contribution in [0, 0.1) is 0 Å². The van der Waals surface area contributed by atoms with E-state index < -0.39 is 0 Å². The topological polar surface area (TPSA) is 24.4 Å². The van der Waals surface area contributed by atoms with E-state index in [1.54, 1.807) is 0 Å². The smallest absolute Gasteiger partial charge is 0.238 e. The third-order valence-electron chi connectivity index (χ3n) is 1.62. The SMILES string of the molecule is C[N+]12C=CNC1=CC=N2.Cl.Cl. The third kappa shape index (κ3) is 1.40. The van der Waals surface area contributed by atoms with Crippen LogP contribution in [0.1, 0.15) is 0 Å². The summed E-state index contributed by atoms with van der Waals surface area (Å²) in [5.74, 6) is 1.12. The fourth-order valence-corrected chi connectivity index (χ4v) is 1.02. The fraction of sp³-hybridized carbons (Fsp3) is 0.167. The van der Waals surface area contributed by atoms with Crippen LogP contribution >= 0.6 is 24.8 Å². The van der Waals surface area contributed by atoms with E-state index in [0.717, 1.165) is 5.82 Å². The summed E-state index contributed by atoms with van der Waals surface area (Å²) in [6.45, 7) is 0. The average molecular weight is 195 g/mol. The monoisotopic (exact) mass is 194 g/mol. The molecule has 0 amide bonds. The third-order valence-corrected chi connectivity index (χ3v) is 1.62. The first-order valence-corrected chi connectivity index (χ1v) is 2.88. The molecule has 2 aliphatic heterocycles. The number of nitrogens with zero attached hydrogens (tertiary/aromatic N) is 2. The molecule has 2 rings (SSSR count). The Kier molecular flexibility index (Phi) is 3.11. The van der Waals surface area contributed by atoms with Crippen LogP contribution in [0.25, 0.3) is 0 Å². The van der Waals surface area contributed by atoms with E-state index in [2.05, 4.69) is 10.4 Å². The van der Waals surface area contributed by atoms with Gasteiger partial charge in [-0.05, 0) is 0 Å². The number of quaternary nitrogens is 1. The lowest BCUT2D eigenvalue weighted by Gasteiger charge is -2.14. The van der Waals surface area contributed by atoms with Gasteiger partial charge in [-0.15, -0.1) is 29.4 Å². The van der Waals surface area contributed by atoms with Gasteiger partial charge in [0, 0.05) is 6.08 Å². The molecule has 2 heterocycles. The van der Waals surface area contributed by atoms with Crippen molar-refractivity contribution in [1.29, 1.82) is 0 Å². The average Bonchev–Trinajstić information content (AvgIpc) is 2.22. The second kappa shape index (κ2) is 3.26. The van der Waals surface area contributed by atoms with Gasteiger partial charge in [0.1, 0.15) is 13.2 Å². The second-order valence-electron chi connectivity index (χ2n) is 2.30. The summed E-state index contributed by atoms with van der Waals surface area (Å²) < 4.78 is 0.556. The molecule has 1 unspecified atom stereocenters. The summed E-state index contributed by atoms with van der Waals surface area (Å²) in [5, 5.41) is 7.29. The number of hydrogen-bond donors (Lipinski definition) is 1. The lowest BCUT2D eigenvalue weighted by atomic mass is 10.6. The van der Waals surface area contributed by atoms with Crippen LogP contribution in [0.4, 0.5) is 0 Å². The van der Waals surface area contributed by atoms with Crippen molar-refractivity contribution in [2.24, 2.45) is 5.10 Å². The molecule has 5 heteroatoms. The predicted octanol–water partition coefficient (Wildman–Crippen LogP) is 1.19. The predicted molar refractivity (Wildman–Crippen MR) is 49.5 cm³/mol. The zero-order valence-electron chi connectivity index (χ0n) is 6.02. The van der Waals surface area contributed by atoms with Gasteiger partial charge in [0.05, 0.1) is 12.4 Å². The van der Waals surface area contributed by atoms with Gasteiger partial charge in [0.15, 0.2) is 0 Å². The minimum atomic E-state index is 0. The largest absolute Gasteiger partial charge is 0.310 e. The van der Waals surface area contributed by atoms with E-state index in [0.29, 0.717) is 4.59 Å². The number of rotatable bonds is 0. The quantitative estimate of drug-likeness (QED) is 0.577. The summed E-state index contributed by atoms with van der Waals surface area (Å²) in [6.07, 6.45) is 7.68. The summed E-state index contributed by atoms with van der Waals surface area (Å²) >= 11 is 0. The van der Waals surface area contributed by atoms with Crippen LogP contribution in [0.15, 0.2) is 29.4 Å². The highest BCUT2D eigenvalue weighted by molar-refractivity contribution is 5.85. The Bertz CT molecular complexity index is 234. The molecule has 0 aliphatic carbocycles. The Morgan fingerprint density at radius 1 is 1.45 bits per heavy atom. The fourth-order valence-electron chi connectivity index (χ4n) is 1.02. The molecule has 0 aromatic rings. The van der Waals surface area contributed by atoms with Gasteiger partial charge in [-0.1, -0.05) is 5.10 Å². The van der Waals surface area contributed by atoms with Crippen molar-refractivity contribution >= 4 is 31.0 Å². The summed E-state index contributed by atoms with van der Waals surface area (Å²) in [4.78, 5) is 0. The van der Waals surface area contributed by atoms with Crippen molar-refractivity contribution in [2.75, 3.05) is 7.05 Å². The van der Waals surface area contributed by atoms with Crippen molar-refractivity contribution in [3.8, 4) is 0 Å². The molecule has 0 aromatic carbocycles. The molecule has 1 N–H and O–H groups in total. The van der Waals surface area contributed by atoms with E-state index in [4.69, 9.17) is 0 Å². The van der Waals surface area contributed by atoms with Crippen LogP contribution in [0.2, 0.25) is 0 Å². The number of fused-ring (bicyclic) bond motifs is 1. The standard InChI is InChI=1S/C6H8N3.2ClH/c1-9-5-4-7-6(9)2-3-8-9;;/h2-5,7H,1H3;2*1H/q+1;;. The Balaban J connectivity index is 0.000000500. The van der Waals surface area contributed by atoms with Gasteiger partial charge in [-0.2, -0.15) is 0 Å². The number of halogens is 2. The van der Waals surface area contributed by atoms with Crippen molar-refractivity contribution in [2.45, 2.75) is 0 Å². The molecule has 0 bridgehead atoms. The lowest BCUT2D eigenvalue weighted by Crippen LogP contribution is -2.28. The maximum Gasteiger partial charge on any atom is 0.238 e. The van der Waals surface area contributed by atoms with E-state index in [1.807, 2.05) is 31.7 Å². The number of allylic oxidation sites excluding steroid dienone is 1. The maximum absolute atomic E-state index is 4.20. The molecule has 0 aromatic heterocycles. The van der Waals surface area contributed by atoms with E-state index in [-0.39, 0.29) is 24.8 Å². The van der Waals surface area contributed by atoms with Crippen LogP contribution in [-0.4, -0.2) is 17.9 Å². The molecule has 0 fully saturated rings. The van der Waals surface area contributed by atoms with Crippen LogP contribution in [-0.2, 0) is 0 Å². The van der Waals surface area contributed by atoms with Gasteiger partial charge in [0.25, 0.3) is 0 Å². The minimum Gasteiger partial charge on any atom is -0.310 e. The minimum absolute atomic E-state index is 0. The molecule has 0 saturated carbocycles. The first kappa shape index (κ1) is 10.5. The van der Waals surface area contributed by atoms with Gasteiger partial charge in [-0.25, -0.2) is 0 Å². The molecular formula is C6H10Cl2N3+. The molecule has 11 heavy (non-hydrogen) atoms. The zero-order chi connectivity index (χ0) is 6.32. The van der Waals surface area contributed by atoms with E-state index in [1.165, 1.54) is 0 Å². The van der Waals surface area contributed by atoms with Crippen LogP contribution in [0.5, 0.6) is 0 Å². The molecule has 62 valence electrons. The van der Waals surface area contributed by atoms with E-state index in [9.17, 15) is 0 Å². The van der Waals surface area contributed by atoms with E-state index >= 15 is 0 Å². The van der Waals surface area contributed by atoms with Crippen molar-refractivity contribution < 1.29 is 4.59 Å². The lowest BCUT2D eigenvalue weighted by molar-refractivity contribution is -0.821. The molecule has 1 atom stereocenters. The first-order valence-electron chi connectivity index (χ1n) is 2.88. The Morgan fingerprint density at radius 3 is 2.82 bits per heavy atom. The zero-order valence-corrected chi connectivity index (χ0v) is 7.65. The number of nitrogens with one attached hydrogen (secondary N) is 1. The van der Waals surface area contributed by atoms with Crippen molar-refractivity contribution in [3.05, 3.63) is 24.3 Å². The molecule has 0 spiro atoms. The molecule has 3 nitrogen and oxygen atoms in total. The van der Waals surface area contributed by atoms with Gasteiger partial charge in [-0.3, -0.25) is 0 Å². The Hall–Kier alpha value is -0.510. The Morgan fingerprint density at radius 2 is 2.18 bits per heavy atom. The highest BCUT2D eigenvalue weighted by Crippen LogP contribution is 2.21. The van der Waals surface area contributed by atoms with Gasteiger partial charge >= 0.3 is 0 Å². The normalized spacial score (nSPS) is 29.7. The molecule has 2 aliphatic rings. The van der Waals surface area contributed by atoms with Gasteiger partial charge in [0.2, 0.25) is 5.82 Å². The van der Waals surface area contributed by atoms with Gasteiger partial charge < -0.3 is 5.32 Å². The molecule has 0 saturated heterocycles. The van der Waals surface area contributed by atoms with Crippen LogP contribution < -0.4 is 5.32 Å². The highest BCUT2D eigenvalue weighted by atomic mass is 35.5. The first-order chi connectivity index (χ1) is 4.31. The van der Waals surface area contributed by atoms with Crippen LogP contribution in [0.3, 0.4) is 0 Å². The Labute approximate surface area is 77.9 Å². The summed E-state index contributed by atoms with van der Waals surface area (Å²) in [7, 11) is 2.02. The maximum atomic E-state index is 4.20. The summed E-state index contributed by atoms with van der Waals surface area (Å²) in [5.41, 5.74) is 0. The van der Waals surface area contributed by atoms with Crippen molar-refractivity contribution in [3.63, 3.8) is 0 Å². The van der Waals surface area contributed by atoms with Crippen molar-refractivity contribution in [1.82, 2.24) is 5.32 Å². The second-order valence-corrected chi connectivity index (χ2v) is 2.30.